The van der Waals surface area contributed by atoms with Crippen molar-refractivity contribution in [1.82, 2.24) is 15.0 Å². The van der Waals surface area contributed by atoms with E-state index >= 15 is 0 Å². The van der Waals surface area contributed by atoms with E-state index in [0.717, 1.165) is 56.9 Å². The molecule has 6 heteroatoms. The van der Waals surface area contributed by atoms with Crippen molar-refractivity contribution in [3.05, 3.63) is 108 Å². The van der Waals surface area contributed by atoms with Crippen molar-refractivity contribution in [2.24, 2.45) is 5.92 Å². The molecule has 1 aliphatic rings. The summed E-state index contributed by atoms with van der Waals surface area (Å²) in [6.45, 7) is 20.5. The Morgan fingerprint density at radius 1 is 0.765 bits per heavy atom. The van der Waals surface area contributed by atoms with Gasteiger partial charge in [-0.25, -0.2) is 4.98 Å². The molecule has 269 valence electrons. The van der Waals surface area contributed by atoms with Crippen LogP contribution in [-0.4, -0.2) is 23.0 Å². The Morgan fingerprint density at radius 2 is 1.49 bits per heavy atom. The van der Waals surface area contributed by atoms with E-state index in [9.17, 15) is 0 Å². The fourth-order valence-corrected chi connectivity index (χ4v) is 8.97. The molecule has 4 nitrogen and oxygen atoms in total. The Hall–Kier alpha value is -3.44. The van der Waals surface area contributed by atoms with Crippen LogP contribution in [0.5, 0.6) is 0 Å². The number of rotatable bonds is 8. The Morgan fingerprint density at radius 3 is 2.14 bits per heavy atom. The molecule has 0 saturated heterocycles. The van der Waals surface area contributed by atoms with Gasteiger partial charge in [0.05, 0.1) is 13.7 Å². The number of fused-ring (bicyclic) bond motifs is 3. The largest absolute Gasteiger partial charge is 0.486 e. The minimum absolute atomic E-state index is 0. The van der Waals surface area contributed by atoms with Crippen LogP contribution in [0.3, 0.4) is 0 Å². The smallest absolute Gasteiger partial charge is 0.216 e. The van der Waals surface area contributed by atoms with E-state index in [0.29, 0.717) is 23.5 Å². The number of nitrogens with zero attached hydrogens (tertiary/aromatic N) is 3. The molecule has 0 unspecified atom stereocenters. The average Bonchev–Trinajstić information content (AvgIpc) is 3.75. The summed E-state index contributed by atoms with van der Waals surface area (Å²) in [6, 6.07) is 27.5. The second kappa shape index (κ2) is 16.5. The van der Waals surface area contributed by atoms with Gasteiger partial charge in [0.15, 0.2) is 0 Å². The molecule has 0 atom stereocenters. The first kappa shape index (κ1) is 38.8. The summed E-state index contributed by atoms with van der Waals surface area (Å²) in [5, 5.41) is 3.61. The van der Waals surface area contributed by atoms with Crippen LogP contribution >= 0.6 is 0 Å². The van der Waals surface area contributed by atoms with E-state index < -0.39 is 8.07 Å². The van der Waals surface area contributed by atoms with E-state index in [2.05, 4.69) is 127 Å². The third-order valence-corrected chi connectivity index (χ3v) is 12.2. The Kier molecular flexibility index (Phi) is 12.5. The molecule has 0 N–H and O–H groups in total. The van der Waals surface area contributed by atoms with Crippen LogP contribution in [0.4, 0.5) is 0 Å². The van der Waals surface area contributed by atoms with Gasteiger partial charge in [0.1, 0.15) is 0 Å². The molecular weight excluding hydrogens is 819 g/mol. The van der Waals surface area contributed by atoms with Crippen LogP contribution < -0.4 is 5.19 Å². The SMILES string of the molecule is CC(C)c1cc(-c2[c-]cccc2)ncc1[Si](C)(C)C.CC(C)c1ccc2c(n1)oc1c(-c3cc(CC4CCCC4)c(C(C)C)cn3)[c-]ccc12.[Ir]. The molecular formula is C45H53IrN3OSi-2. The van der Waals surface area contributed by atoms with E-state index in [1.54, 1.807) is 0 Å². The van der Waals surface area contributed by atoms with Gasteiger partial charge in [-0.3, -0.25) is 0 Å². The van der Waals surface area contributed by atoms with Crippen molar-refractivity contribution in [2.45, 2.75) is 111 Å². The quantitative estimate of drug-likeness (QED) is 0.113. The first-order valence-corrected chi connectivity index (χ1v) is 22.1. The monoisotopic (exact) mass is 872 g/mol. The Labute approximate surface area is 320 Å². The standard InChI is InChI=1S/C28H31N2O.C17H22NSi.Ir/c1-17(2)24-16-29-26(15-20(24)14-19-8-5-6-9-19)23-11-7-10-21-22-12-13-25(18(3)4)30-28(22)31-27(21)23;1-13(2)15-11-16(14-9-7-6-8-10-14)18-12-17(15)19(3,4)5;/h7,10,12-13,15-19H,5-6,8-9,14H2,1-4H3;6-9,11-13H,1-5H3;/q2*-1;. The molecule has 1 saturated carbocycles. The van der Waals surface area contributed by atoms with E-state index in [-0.39, 0.29) is 20.1 Å². The van der Waals surface area contributed by atoms with Gasteiger partial charge in [0.25, 0.3) is 0 Å². The second-order valence-electron chi connectivity index (χ2n) is 16.1. The van der Waals surface area contributed by atoms with Crippen molar-refractivity contribution in [3.8, 4) is 22.5 Å². The van der Waals surface area contributed by atoms with Gasteiger partial charge >= 0.3 is 0 Å². The summed E-state index contributed by atoms with van der Waals surface area (Å²) < 4.78 is 6.30. The van der Waals surface area contributed by atoms with Gasteiger partial charge < -0.3 is 14.4 Å². The summed E-state index contributed by atoms with van der Waals surface area (Å²) in [7, 11) is -1.34. The number of furan rings is 1. The molecule has 51 heavy (non-hydrogen) atoms. The third-order valence-electron chi connectivity index (χ3n) is 10.1. The maximum atomic E-state index is 6.30. The number of hydrogen-bond donors (Lipinski definition) is 0. The predicted molar refractivity (Wildman–Crippen MR) is 213 cm³/mol. The molecule has 2 aromatic carbocycles. The van der Waals surface area contributed by atoms with E-state index in [1.165, 1.54) is 47.6 Å². The fourth-order valence-electron chi connectivity index (χ4n) is 7.29. The normalized spacial score (nSPS) is 13.6. The van der Waals surface area contributed by atoms with Crippen molar-refractivity contribution >= 4 is 35.3 Å². The molecule has 6 aromatic rings. The Bertz CT molecular complexity index is 2070. The molecule has 7 rings (SSSR count). The van der Waals surface area contributed by atoms with E-state index in [4.69, 9.17) is 14.4 Å². The first-order valence-electron chi connectivity index (χ1n) is 18.6. The van der Waals surface area contributed by atoms with Crippen molar-refractivity contribution in [1.29, 1.82) is 0 Å². The van der Waals surface area contributed by atoms with Crippen LogP contribution in [0.25, 0.3) is 44.6 Å². The molecule has 1 radical (unpaired) electrons. The molecule has 0 bridgehead atoms. The zero-order chi connectivity index (χ0) is 35.6. The number of aromatic nitrogens is 3. The first-order chi connectivity index (χ1) is 23.9. The van der Waals surface area contributed by atoms with Crippen LogP contribution in [-0.2, 0) is 26.5 Å². The van der Waals surface area contributed by atoms with Gasteiger partial charge in [0.2, 0.25) is 5.71 Å². The Balaban J connectivity index is 0.000000218. The van der Waals surface area contributed by atoms with Crippen LogP contribution in [0.2, 0.25) is 19.6 Å². The fraction of sp³-hybridized carbons (Fsp3) is 0.400. The molecule has 4 heterocycles. The maximum Gasteiger partial charge on any atom is 0.216 e. The third kappa shape index (κ3) is 8.79. The topological polar surface area (TPSA) is 51.8 Å². The average molecular weight is 872 g/mol. The van der Waals surface area contributed by atoms with Crippen LogP contribution in [0, 0.1) is 18.1 Å². The summed E-state index contributed by atoms with van der Waals surface area (Å²) in [4.78, 5) is 14.3. The van der Waals surface area contributed by atoms with Crippen LogP contribution in [0.1, 0.15) is 107 Å². The zero-order valence-electron chi connectivity index (χ0n) is 31.9. The minimum Gasteiger partial charge on any atom is -0.486 e. The molecule has 1 fully saturated rings. The predicted octanol–water partition coefficient (Wildman–Crippen LogP) is 12.0. The van der Waals surface area contributed by atoms with Crippen molar-refractivity contribution in [2.75, 3.05) is 0 Å². The summed E-state index contributed by atoms with van der Waals surface area (Å²) in [5.74, 6) is 2.18. The van der Waals surface area contributed by atoms with Gasteiger partial charge in [-0.05, 0) is 69.9 Å². The van der Waals surface area contributed by atoms with Crippen molar-refractivity contribution < 1.29 is 24.5 Å². The number of benzene rings is 2. The van der Waals surface area contributed by atoms with Gasteiger partial charge in [-0.1, -0.05) is 116 Å². The minimum atomic E-state index is -1.34. The second-order valence-corrected chi connectivity index (χ2v) is 21.1. The molecule has 0 spiro atoms. The van der Waals surface area contributed by atoms with Crippen LogP contribution in [0.15, 0.2) is 77.5 Å². The van der Waals surface area contributed by atoms with Gasteiger partial charge in [0, 0.05) is 43.6 Å². The summed E-state index contributed by atoms with van der Waals surface area (Å²) in [6.07, 6.45) is 10.8. The van der Waals surface area contributed by atoms with Crippen molar-refractivity contribution in [3.63, 3.8) is 0 Å². The van der Waals surface area contributed by atoms with Gasteiger partial charge in [-0.15, -0.1) is 54.1 Å². The number of pyridine rings is 3. The molecule has 1 aliphatic carbocycles. The van der Waals surface area contributed by atoms with Gasteiger partial charge in [-0.2, -0.15) is 0 Å². The maximum absolute atomic E-state index is 6.30. The number of hydrogen-bond acceptors (Lipinski definition) is 4. The summed E-state index contributed by atoms with van der Waals surface area (Å²) >= 11 is 0. The molecule has 0 amide bonds. The molecule has 0 aliphatic heterocycles. The molecule has 4 aromatic heterocycles. The summed E-state index contributed by atoms with van der Waals surface area (Å²) in [5.41, 5.74) is 10.8. The van der Waals surface area contributed by atoms with E-state index in [1.807, 2.05) is 24.3 Å². The zero-order valence-corrected chi connectivity index (χ0v) is 35.3.